The van der Waals surface area contributed by atoms with E-state index in [9.17, 15) is 4.79 Å². The number of nitrogens with one attached hydrogen (secondary N) is 1. The summed E-state index contributed by atoms with van der Waals surface area (Å²) in [5.41, 5.74) is 0.431. The summed E-state index contributed by atoms with van der Waals surface area (Å²) >= 11 is 7.63. The lowest BCUT2D eigenvalue weighted by Crippen LogP contribution is -2.46. The molecule has 0 bridgehead atoms. The number of hydrogen-bond donors (Lipinski definition) is 1. The molecule has 0 saturated heterocycles. The normalized spacial score (nSPS) is 13.0. The van der Waals surface area contributed by atoms with E-state index in [2.05, 4.69) is 9.97 Å². The Morgan fingerprint density at radius 1 is 1.43 bits per heavy atom. The van der Waals surface area contributed by atoms with E-state index in [-0.39, 0.29) is 5.56 Å². The minimum atomic E-state index is -0.257. The molecule has 0 atom stereocenters. The van der Waals surface area contributed by atoms with Gasteiger partial charge in [-0.25, -0.2) is 4.98 Å². The minimum Gasteiger partial charge on any atom is -0.376 e. The highest BCUT2D eigenvalue weighted by Gasteiger charge is 2.11. The first-order valence-corrected chi connectivity index (χ1v) is 7.67. The number of aromatic nitrogens is 2. The molecule has 2 heterocycles. The average Bonchev–Trinajstić information content (AvgIpc) is 2.47. The van der Waals surface area contributed by atoms with Crippen molar-refractivity contribution in [2.24, 2.45) is 0 Å². The molecule has 1 aliphatic rings. The van der Waals surface area contributed by atoms with Gasteiger partial charge in [-0.15, -0.1) is 0 Å². The largest absolute Gasteiger partial charge is 0.376 e. The first kappa shape index (κ1) is 14.0. The van der Waals surface area contributed by atoms with E-state index in [1.807, 2.05) is 25.1 Å². The van der Waals surface area contributed by atoms with Crippen LogP contribution in [0.25, 0.3) is 23.8 Å². The van der Waals surface area contributed by atoms with Crippen LogP contribution in [0.15, 0.2) is 29.1 Å². The monoisotopic (exact) mass is 321 g/mol. The van der Waals surface area contributed by atoms with Crippen LogP contribution in [0.1, 0.15) is 6.92 Å². The number of fused-ring (bicyclic) bond motifs is 1. The topological polar surface area (TPSA) is 58.2 Å². The second-order valence-electron chi connectivity index (χ2n) is 4.25. The highest BCUT2D eigenvalue weighted by Crippen LogP contribution is 2.22. The zero-order valence-corrected chi connectivity index (χ0v) is 12.7. The van der Waals surface area contributed by atoms with Gasteiger partial charge >= 0.3 is 0 Å². The molecule has 1 aromatic heterocycles. The standard InChI is InChI=1S/C14H12ClN3O2S/c1-2-21-18-7-12-10(8-20-18)14(19)17-13(16-12)9-5-3-4-6-11(9)15/h3-8H,2H2,1H3,(H,16,17,19). The van der Waals surface area contributed by atoms with E-state index >= 15 is 0 Å². The van der Waals surface area contributed by atoms with E-state index in [1.54, 1.807) is 16.7 Å². The van der Waals surface area contributed by atoms with Gasteiger partial charge in [0, 0.05) is 11.3 Å². The van der Waals surface area contributed by atoms with Crippen LogP contribution in [0, 0.1) is 0 Å². The number of nitrogens with zero attached hydrogens (tertiary/aromatic N) is 2. The molecule has 0 saturated carbocycles. The van der Waals surface area contributed by atoms with E-state index in [1.165, 1.54) is 18.2 Å². The van der Waals surface area contributed by atoms with Crippen LogP contribution >= 0.6 is 23.5 Å². The van der Waals surface area contributed by atoms with Crippen molar-refractivity contribution in [3.63, 3.8) is 0 Å². The van der Waals surface area contributed by atoms with Crippen LogP contribution in [0.5, 0.6) is 0 Å². The number of rotatable bonds is 3. The van der Waals surface area contributed by atoms with Gasteiger partial charge in [-0.3, -0.25) is 4.79 Å². The molecule has 0 spiro atoms. The number of hydrogen-bond acceptors (Lipinski definition) is 5. The van der Waals surface area contributed by atoms with Gasteiger partial charge in [0.1, 0.15) is 22.7 Å². The Hall–Kier alpha value is -1.92. The molecule has 21 heavy (non-hydrogen) atoms. The third-order valence-corrected chi connectivity index (χ3v) is 3.91. The molecule has 0 radical (unpaired) electrons. The van der Waals surface area contributed by atoms with Crippen LogP contribution in [0.4, 0.5) is 0 Å². The first-order chi connectivity index (χ1) is 10.2. The third kappa shape index (κ3) is 2.77. The summed E-state index contributed by atoms with van der Waals surface area (Å²) < 4.78 is 1.57. The maximum absolute atomic E-state index is 12.1. The Balaban J connectivity index is 2.18. The molecule has 2 aromatic rings. The number of benzene rings is 1. The highest BCUT2D eigenvalue weighted by molar-refractivity contribution is 7.97. The zero-order valence-electron chi connectivity index (χ0n) is 11.2. The highest BCUT2D eigenvalue weighted by atomic mass is 35.5. The van der Waals surface area contributed by atoms with Crippen molar-refractivity contribution in [3.8, 4) is 11.4 Å². The predicted molar refractivity (Wildman–Crippen MR) is 84.5 cm³/mol. The quantitative estimate of drug-likeness (QED) is 0.868. The van der Waals surface area contributed by atoms with Gasteiger partial charge in [0.05, 0.1) is 11.2 Å². The summed E-state index contributed by atoms with van der Waals surface area (Å²) in [7, 11) is 0. The maximum atomic E-state index is 12.1. The third-order valence-electron chi connectivity index (χ3n) is 2.87. The fourth-order valence-corrected chi connectivity index (χ4v) is 2.68. The van der Waals surface area contributed by atoms with Crippen LogP contribution < -0.4 is 16.1 Å². The van der Waals surface area contributed by atoms with Crippen molar-refractivity contribution < 1.29 is 4.84 Å². The van der Waals surface area contributed by atoms with Crippen LogP contribution in [-0.2, 0) is 4.84 Å². The SMILES string of the molecule is CCSN1C=c2nc(-c3ccccc3Cl)[nH]c(=O)c2=CO1. The molecule has 108 valence electrons. The van der Waals surface area contributed by atoms with Crippen molar-refractivity contribution in [2.45, 2.75) is 6.92 Å². The second kappa shape index (κ2) is 5.83. The fourth-order valence-electron chi connectivity index (χ4n) is 1.92. The number of aromatic amines is 1. The van der Waals surface area contributed by atoms with Gasteiger partial charge in [0.15, 0.2) is 0 Å². The predicted octanol–water partition coefficient (Wildman–Crippen LogP) is 1.48. The molecule has 0 fully saturated rings. The Labute approximate surface area is 130 Å². The van der Waals surface area contributed by atoms with Crippen molar-refractivity contribution in [2.75, 3.05) is 5.75 Å². The van der Waals surface area contributed by atoms with Gasteiger partial charge < -0.3 is 9.82 Å². The summed E-state index contributed by atoms with van der Waals surface area (Å²) in [6.07, 6.45) is 3.10. The molecular formula is C14H12ClN3O2S. The summed E-state index contributed by atoms with van der Waals surface area (Å²) in [5.74, 6) is 1.29. The molecule has 7 heteroatoms. The van der Waals surface area contributed by atoms with Gasteiger partial charge in [-0.2, -0.15) is 4.47 Å². The number of hydroxylamine groups is 1. The molecule has 0 unspecified atom stereocenters. The zero-order chi connectivity index (χ0) is 14.8. The average molecular weight is 322 g/mol. The minimum absolute atomic E-state index is 0.257. The Morgan fingerprint density at radius 2 is 2.24 bits per heavy atom. The lowest BCUT2D eigenvalue weighted by molar-refractivity contribution is 0.0930. The van der Waals surface area contributed by atoms with E-state index in [0.29, 0.717) is 27.0 Å². The lowest BCUT2D eigenvalue weighted by Gasteiger charge is -2.17. The Bertz CT molecular complexity index is 850. The summed E-state index contributed by atoms with van der Waals surface area (Å²) in [6, 6.07) is 7.25. The molecular weight excluding hydrogens is 310 g/mol. The van der Waals surface area contributed by atoms with Crippen molar-refractivity contribution in [3.05, 3.63) is 50.2 Å². The van der Waals surface area contributed by atoms with Crippen LogP contribution in [-0.4, -0.2) is 20.2 Å². The molecule has 3 rings (SSSR count). The molecule has 0 aliphatic carbocycles. The van der Waals surface area contributed by atoms with Gasteiger partial charge in [-0.05, 0) is 24.1 Å². The van der Waals surface area contributed by atoms with Crippen molar-refractivity contribution in [1.29, 1.82) is 0 Å². The van der Waals surface area contributed by atoms with Crippen LogP contribution in [0.3, 0.4) is 0 Å². The smallest absolute Gasteiger partial charge is 0.262 e. The fraction of sp³-hybridized carbons (Fsp3) is 0.143. The lowest BCUT2D eigenvalue weighted by atomic mass is 10.2. The van der Waals surface area contributed by atoms with Crippen molar-refractivity contribution in [1.82, 2.24) is 14.4 Å². The van der Waals surface area contributed by atoms with E-state index < -0.39 is 0 Å². The van der Waals surface area contributed by atoms with Crippen LogP contribution in [0.2, 0.25) is 5.02 Å². The first-order valence-electron chi connectivity index (χ1n) is 6.35. The van der Waals surface area contributed by atoms with Gasteiger partial charge in [-0.1, -0.05) is 30.7 Å². The maximum Gasteiger partial charge on any atom is 0.262 e. The number of halogens is 1. The van der Waals surface area contributed by atoms with E-state index in [4.69, 9.17) is 16.4 Å². The number of H-pyrrole nitrogens is 1. The van der Waals surface area contributed by atoms with Gasteiger partial charge in [0.25, 0.3) is 5.56 Å². The van der Waals surface area contributed by atoms with Crippen molar-refractivity contribution >= 4 is 36.0 Å². The van der Waals surface area contributed by atoms with Gasteiger partial charge in [0.2, 0.25) is 0 Å². The molecule has 1 aromatic carbocycles. The summed E-state index contributed by atoms with van der Waals surface area (Å²) in [6.45, 7) is 2.01. The summed E-state index contributed by atoms with van der Waals surface area (Å²) in [5, 5.41) is 1.50. The Kier molecular flexibility index (Phi) is 3.90. The Morgan fingerprint density at radius 3 is 3.00 bits per heavy atom. The summed E-state index contributed by atoms with van der Waals surface area (Å²) in [4.78, 5) is 24.7. The van der Waals surface area contributed by atoms with E-state index in [0.717, 1.165) is 5.75 Å². The second-order valence-corrected chi connectivity index (χ2v) is 5.85. The molecule has 0 amide bonds. The molecule has 1 aliphatic heterocycles. The molecule has 1 N–H and O–H groups in total. The molecule has 5 nitrogen and oxygen atoms in total.